The fourth-order valence-electron chi connectivity index (χ4n) is 1.80. The summed E-state index contributed by atoms with van der Waals surface area (Å²) in [4.78, 5) is 9.41. The molecule has 112 valence electrons. The van der Waals surface area contributed by atoms with Crippen molar-refractivity contribution in [2.75, 3.05) is 11.5 Å². The summed E-state index contributed by atoms with van der Waals surface area (Å²) < 4.78 is 0. The minimum absolute atomic E-state index is 0.568. The average Bonchev–Trinajstić information content (AvgIpc) is 2.55. The van der Waals surface area contributed by atoms with E-state index in [4.69, 9.17) is 20.5 Å². The average molecular weight is 328 g/mol. The normalized spacial score (nSPS) is 10.3. The molecule has 0 aliphatic carbocycles. The topological polar surface area (TPSA) is 73.4 Å². The van der Waals surface area contributed by atoms with Crippen molar-refractivity contribution in [3.05, 3.63) is 24.3 Å². The van der Waals surface area contributed by atoms with E-state index in [-0.39, 0.29) is 0 Å². The van der Waals surface area contributed by atoms with E-state index >= 15 is 0 Å². The largest absolute Gasteiger partial charge is 0.237 e. The quantitative estimate of drug-likeness (QED) is 0.527. The van der Waals surface area contributed by atoms with E-state index in [1.807, 2.05) is 24.3 Å². The lowest BCUT2D eigenvalue weighted by Crippen LogP contribution is -1.94. The first-order chi connectivity index (χ1) is 10.8. The summed E-state index contributed by atoms with van der Waals surface area (Å²) in [6.07, 6.45) is 2.85. The van der Waals surface area contributed by atoms with Crippen molar-refractivity contribution in [2.45, 2.75) is 35.7 Å². The summed E-state index contributed by atoms with van der Waals surface area (Å²) in [6.45, 7) is 0. The van der Waals surface area contributed by atoms with Crippen molar-refractivity contribution in [3.63, 3.8) is 0 Å². The van der Waals surface area contributed by atoms with Crippen molar-refractivity contribution in [3.8, 4) is 12.1 Å². The molecule has 0 aliphatic heterocycles. The number of benzene rings is 1. The highest BCUT2D eigenvalue weighted by molar-refractivity contribution is 8.02. The summed E-state index contributed by atoms with van der Waals surface area (Å²) >= 11 is 3.31. The maximum atomic E-state index is 8.61. The molecule has 0 N–H and O–H groups in total. The fourth-order valence-corrected chi connectivity index (χ4v) is 3.78. The summed E-state index contributed by atoms with van der Waals surface area (Å²) in [7, 11) is 0. The van der Waals surface area contributed by atoms with E-state index in [0.717, 1.165) is 45.4 Å². The molecule has 0 fully saturated rings. The Balaban J connectivity index is 2.13. The van der Waals surface area contributed by atoms with Crippen LogP contribution in [0, 0.1) is 22.7 Å². The van der Waals surface area contributed by atoms with Gasteiger partial charge in [-0.3, -0.25) is 0 Å². The first kappa shape index (κ1) is 16.6. The zero-order chi connectivity index (χ0) is 15.6. The molecule has 0 saturated heterocycles. The Morgan fingerprint density at radius 3 is 1.68 bits per heavy atom. The van der Waals surface area contributed by atoms with E-state index in [0.29, 0.717) is 12.8 Å². The number of fused-ring (bicyclic) bond motifs is 1. The molecule has 1 heterocycles. The molecule has 0 radical (unpaired) electrons. The Morgan fingerprint density at radius 2 is 1.27 bits per heavy atom. The van der Waals surface area contributed by atoms with E-state index < -0.39 is 0 Å². The molecular weight excluding hydrogens is 312 g/mol. The lowest BCUT2D eigenvalue weighted by Gasteiger charge is -2.08. The molecule has 0 amide bonds. The number of thioether (sulfide) groups is 2. The number of aromatic nitrogens is 2. The van der Waals surface area contributed by atoms with Crippen LogP contribution in [0.25, 0.3) is 11.0 Å². The Bertz CT molecular complexity index is 643. The lowest BCUT2D eigenvalue weighted by molar-refractivity contribution is 0.936. The van der Waals surface area contributed by atoms with Crippen LogP contribution in [0.4, 0.5) is 0 Å². The van der Waals surface area contributed by atoms with Gasteiger partial charge in [0.25, 0.3) is 0 Å². The second-order valence-corrected chi connectivity index (χ2v) is 6.71. The van der Waals surface area contributed by atoms with Crippen LogP contribution in [-0.4, -0.2) is 21.5 Å². The fraction of sp³-hybridized carbons (Fsp3) is 0.375. The van der Waals surface area contributed by atoms with Gasteiger partial charge in [0.05, 0.1) is 23.2 Å². The second kappa shape index (κ2) is 9.30. The highest BCUT2D eigenvalue weighted by atomic mass is 32.2. The van der Waals surface area contributed by atoms with Gasteiger partial charge in [0.1, 0.15) is 10.1 Å². The maximum absolute atomic E-state index is 8.61. The summed E-state index contributed by atoms with van der Waals surface area (Å²) in [5, 5.41) is 19.1. The molecule has 0 aliphatic rings. The number of rotatable bonds is 8. The third-order valence-corrected chi connectivity index (χ3v) is 5.08. The third-order valence-electron chi connectivity index (χ3n) is 2.85. The third kappa shape index (κ3) is 4.91. The predicted molar refractivity (Wildman–Crippen MR) is 90.7 cm³/mol. The molecule has 0 spiro atoms. The smallest absolute Gasteiger partial charge is 0.129 e. The molecule has 22 heavy (non-hydrogen) atoms. The molecule has 0 bridgehead atoms. The van der Waals surface area contributed by atoms with Gasteiger partial charge in [-0.25, -0.2) is 9.97 Å². The van der Waals surface area contributed by atoms with Crippen LogP contribution in [0.1, 0.15) is 25.7 Å². The van der Waals surface area contributed by atoms with Gasteiger partial charge in [0.2, 0.25) is 0 Å². The number of nitriles is 2. The van der Waals surface area contributed by atoms with Crippen molar-refractivity contribution >= 4 is 34.6 Å². The number of hydrogen-bond acceptors (Lipinski definition) is 6. The predicted octanol–water partition coefficient (Wildman–Crippen LogP) is 4.42. The standard InChI is InChI=1S/C16H16N4S2/c17-9-3-5-11-21-15-16(22-12-6-4-10-18)20-14-8-2-1-7-13(14)19-15/h1-2,7-8H,3-6,11-12H2. The number of unbranched alkanes of at least 4 members (excludes halogenated alkanes) is 2. The van der Waals surface area contributed by atoms with Gasteiger partial charge in [0, 0.05) is 24.3 Å². The van der Waals surface area contributed by atoms with Gasteiger partial charge in [-0.2, -0.15) is 10.5 Å². The van der Waals surface area contributed by atoms with Crippen LogP contribution in [0.3, 0.4) is 0 Å². The first-order valence-corrected chi connectivity index (χ1v) is 9.08. The molecule has 0 unspecified atom stereocenters. The minimum Gasteiger partial charge on any atom is -0.237 e. The number of nitrogens with zero attached hydrogens (tertiary/aromatic N) is 4. The van der Waals surface area contributed by atoms with Crippen molar-refractivity contribution in [1.82, 2.24) is 9.97 Å². The summed E-state index contributed by atoms with van der Waals surface area (Å²) in [5.41, 5.74) is 1.79. The molecule has 4 nitrogen and oxygen atoms in total. The van der Waals surface area contributed by atoms with E-state index in [2.05, 4.69) is 12.1 Å². The Hall–Kier alpha value is -1.76. The highest BCUT2D eigenvalue weighted by Crippen LogP contribution is 2.30. The lowest BCUT2D eigenvalue weighted by atomic mass is 10.3. The van der Waals surface area contributed by atoms with Gasteiger partial charge in [0.15, 0.2) is 0 Å². The first-order valence-electron chi connectivity index (χ1n) is 7.11. The van der Waals surface area contributed by atoms with Gasteiger partial charge < -0.3 is 0 Å². The van der Waals surface area contributed by atoms with E-state index in [1.54, 1.807) is 23.5 Å². The molecule has 0 atom stereocenters. The molecule has 1 aromatic heterocycles. The monoisotopic (exact) mass is 328 g/mol. The van der Waals surface area contributed by atoms with Gasteiger partial charge in [-0.05, 0) is 25.0 Å². The molecule has 2 aromatic rings. The van der Waals surface area contributed by atoms with Crippen molar-refractivity contribution < 1.29 is 0 Å². The van der Waals surface area contributed by atoms with Crippen LogP contribution in [-0.2, 0) is 0 Å². The molecule has 1 aromatic carbocycles. The van der Waals surface area contributed by atoms with Gasteiger partial charge in [-0.15, -0.1) is 23.5 Å². The molecule has 0 saturated carbocycles. The van der Waals surface area contributed by atoms with Crippen molar-refractivity contribution in [2.24, 2.45) is 0 Å². The van der Waals surface area contributed by atoms with Crippen molar-refractivity contribution in [1.29, 1.82) is 10.5 Å². The number of hydrogen-bond donors (Lipinski definition) is 0. The molecule has 2 rings (SSSR count). The maximum Gasteiger partial charge on any atom is 0.129 e. The zero-order valence-electron chi connectivity index (χ0n) is 12.2. The molecule has 6 heteroatoms. The van der Waals surface area contributed by atoms with Gasteiger partial charge >= 0.3 is 0 Å². The van der Waals surface area contributed by atoms with E-state index in [1.165, 1.54) is 0 Å². The Morgan fingerprint density at radius 1 is 0.818 bits per heavy atom. The van der Waals surface area contributed by atoms with Crippen LogP contribution >= 0.6 is 23.5 Å². The molecular formula is C16H16N4S2. The van der Waals surface area contributed by atoms with E-state index in [9.17, 15) is 0 Å². The Labute approximate surface area is 139 Å². The second-order valence-electron chi connectivity index (χ2n) is 4.54. The van der Waals surface area contributed by atoms with Gasteiger partial charge in [-0.1, -0.05) is 12.1 Å². The Kier molecular flexibility index (Phi) is 7.02. The van der Waals surface area contributed by atoms with Crippen LogP contribution in [0.15, 0.2) is 34.3 Å². The van der Waals surface area contributed by atoms with Crippen LogP contribution < -0.4 is 0 Å². The summed E-state index contributed by atoms with van der Waals surface area (Å²) in [6, 6.07) is 12.2. The van der Waals surface area contributed by atoms with Crippen LogP contribution in [0.5, 0.6) is 0 Å². The highest BCUT2D eigenvalue weighted by Gasteiger charge is 2.10. The van der Waals surface area contributed by atoms with Crippen LogP contribution in [0.2, 0.25) is 0 Å². The number of para-hydroxylation sites is 2. The summed E-state index contributed by atoms with van der Waals surface area (Å²) in [5.74, 6) is 1.73. The SMILES string of the molecule is N#CCCCSc1nc2ccccc2nc1SCCCC#N. The zero-order valence-corrected chi connectivity index (χ0v) is 13.8. The minimum atomic E-state index is 0.568.